The molecule has 0 amide bonds. The molecule has 2 rings (SSSR count). The van der Waals surface area contributed by atoms with Gasteiger partial charge in [0, 0.05) is 0 Å². The predicted octanol–water partition coefficient (Wildman–Crippen LogP) is 0.427. The van der Waals surface area contributed by atoms with Gasteiger partial charge in [-0.05, 0) is 0 Å². The van der Waals surface area contributed by atoms with Crippen LogP contribution in [0.2, 0.25) is 0 Å². The monoisotopic (exact) mass is 177 g/mol. The minimum absolute atomic E-state index is 0.0665. The van der Waals surface area contributed by atoms with Crippen molar-refractivity contribution in [1.29, 1.82) is 0 Å². The maximum absolute atomic E-state index is 3.23. The molecule has 1 aromatic carbocycles. The molecule has 9 heavy (non-hydrogen) atoms. The summed E-state index contributed by atoms with van der Waals surface area (Å²) in [6.07, 6.45) is 3.23. The molecule has 0 N–H and O–H groups in total. The van der Waals surface area contributed by atoms with E-state index in [0.29, 0.717) is 0 Å². The fourth-order valence-corrected chi connectivity index (χ4v) is 2.79. The van der Waals surface area contributed by atoms with Crippen molar-refractivity contribution in [3.05, 3.63) is 40.8 Å². The van der Waals surface area contributed by atoms with Gasteiger partial charge in [0.25, 0.3) is 0 Å². The third-order valence-corrected chi connectivity index (χ3v) is 3.56. The molecule has 0 aromatic heterocycles. The Hall–Kier alpha value is -0.482. The van der Waals surface area contributed by atoms with Crippen LogP contribution in [0.4, 0.5) is 0 Å². The number of hydrogen-bond acceptors (Lipinski definition) is 0. The van der Waals surface area contributed by atoms with Gasteiger partial charge in [-0.25, -0.2) is 0 Å². The van der Waals surface area contributed by atoms with Gasteiger partial charge < -0.3 is 0 Å². The van der Waals surface area contributed by atoms with E-state index in [1.807, 2.05) is 0 Å². The topological polar surface area (TPSA) is 0 Å². The van der Waals surface area contributed by atoms with Crippen molar-refractivity contribution in [2.45, 2.75) is 0 Å². The normalized spacial score (nSPS) is 16.4. The molecule has 0 saturated carbocycles. The molecule has 0 bridgehead atoms. The first-order valence-corrected chi connectivity index (χ1v) is 5.17. The second-order valence-electron chi connectivity index (χ2n) is 1.98. The Morgan fingerprint density at radius 3 is 3.00 bits per heavy atom. The summed E-state index contributed by atoms with van der Waals surface area (Å²) in [4.78, 5) is 2.20. The van der Waals surface area contributed by atoms with Gasteiger partial charge in [0.2, 0.25) is 0 Å². The van der Waals surface area contributed by atoms with Crippen LogP contribution in [0.5, 0.6) is 0 Å². The van der Waals surface area contributed by atoms with E-state index in [0.717, 1.165) is 0 Å². The minimum atomic E-state index is 0.0665. The SMILES string of the molecule is [C]1=C[AsH]c2ccccc21. The predicted molar refractivity (Wildman–Crippen MR) is 40.1 cm³/mol. The molecule has 0 aliphatic carbocycles. The number of hydrogen-bond donors (Lipinski definition) is 0. The Morgan fingerprint density at radius 2 is 2.11 bits per heavy atom. The molecule has 0 spiro atoms. The second kappa shape index (κ2) is 2.04. The van der Waals surface area contributed by atoms with E-state index in [1.54, 1.807) is 0 Å². The number of rotatable bonds is 0. The van der Waals surface area contributed by atoms with Gasteiger partial charge in [-0.1, -0.05) is 0 Å². The van der Waals surface area contributed by atoms with E-state index >= 15 is 0 Å². The fourth-order valence-electron chi connectivity index (χ4n) is 0.926. The summed E-state index contributed by atoms with van der Waals surface area (Å²) in [6.45, 7) is 0. The molecule has 0 nitrogen and oxygen atoms in total. The molecule has 1 unspecified atom stereocenters. The summed E-state index contributed by atoms with van der Waals surface area (Å²) < 4.78 is 1.53. The van der Waals surface area contributed by atoms with E-state index in [4.69, 9.17) is 0 Å². The van der Waals surface area contributed by atoms with Gasteiger partial charge in [0.1, 0.15) is 0 Å². The third kappa shape index (κ3) is 0.839. The fraction of sp³-hybridized carbons (Fsp3) is 0. The summed E-state index contributed by atoms with van der Waals surface area (Å²) in [6, 6.07) is 8.49. The zero-order valence-electron chi connectivity index (χ0n) is 4.89. The molecule has 1 atom stereocenters. The van der Waals surface area contributed by atoms with Gasteiger partial charge in [-0.3, -0.25) is 0 Å². The zero-order chi connectivity index (χ0) is 6.10. The third-order valence-electron chi connectivity index (χ3n) is 1.38. The standard InChI is InChI=1S/C8H6As/c1-2-4-8-7(3-1)5-6-9-8/h1-4,6,9H. The van der Waals surface area contributed by atoms with Crippen LogP contribution in [0.3, 0.4) is 0 Å². The summed E-state index contributed by atoms with van der Waals surface area (Å²) in [7, 11) is 0. The van der Waals surface area contributed by atoms with E-state index in [-0.39, 0.29) is 15.8 Å². The van der Waals surface area contributed by atoms with Gasteiger partial charge >= 0.3 is 60.9 Å². The molecular formula is C8H6As. The number of fused-ring (bicyclic) bond motifs is 1. The van der Waals surface area contributed by atoms with Crippen molar-refractivity contribution >= 4 is 20.1 Å². The molecule has 1 aliphatic heterocycles. The molecule has 1 heterocycles. The zero-order valence-corrected chi connectivity index (χ0v) is 6.98. The first-order chi connectivity index (χ1) is 4.47. The first-order valence-electron chi connectivity index (χ1n) is 2.90. The van der Waals surface area contributed by atoms with Crippen LogP contribution in [0.25, 0.3) is 0 Å². The van der Waals surface area contributed by atoms with Crippen LogP contribution in [-0.4, -0.2) is 15.8 Å². The van der Waals surface area contributed by atoms with Crippen LogP contribution < -0.4 is 4.35 Å². The molecule has 1 aromatic rings. The quantitative estimate of drug-likeness (QED) is 0.504. The van der Waals surface area contributed by atoms with E-state index in [9.17, 15) is 0 Å². The van der Waals surface area contributed by atoms with Crippen LogP contribution in [-0.2, 0) is 0 Å². The summed E-state index contributed by atoms with van der Waals surface area (Å²) in [5, 5.41) is 0. The van der Waals surface area contributed by atoms with Crippen molar-refractivity contribution in [2.24, 2.45) is 0 Å². The van der Waals surface area contributed by atoms with Crippen molar-refractivity contribution in [2.75, 3.05) is 0 Å². The van der Waals surface area contributed by atoms with Crippen LogP contribution in [0.1, 0.15) is 5.56 Å². The second-order valence-corrected chi connectivity index (χ2v) is 4.32. The van der Waals surface area contributed by atoms with Gasteiger partial charge in [-0.15, -0.1) is 0 Å². The number of benzene rings is 1. The van der Waals surface area contributed by atoms with Crippen molar-refractivity contribution in [1.82, 2.24) is 0 Å². The molecule has 1 aliphatic rings. The van der Waals surface area contributed by atoms with E-state index in [1.165, 1.54) is 9.91 Å². The Morgan fingerprint density at radius 1 is 1.22 bits per heavy atom. The van der Waals surface area contributed by atoms with Crippen molar-refractivity contribution < 1.29 is 0 Å². The average molecular weight is 177 g/mol. The van der Waals surface area contributed by atoms with E-state index < -0.39 is 0 Å². The van der Waals surface area contributed by atoms with Crippen LogP contribution in [0.15, 0.2) is 29.1 Å². The van der Waals surface area contributed by atoms with E-state index in [2.05, 4.69) is 35.2 Å². The van der Waals surface area contributed by atoms with Crippen molar-refractivity contribution in [3.63, 3.8) is 0 Å². The molecule has 0 fully saturated rings. The molecule has 43 valence electrons. The Balaban J connectivity index is 2.63. The van der Waals surface area contributed by atoms with Gasteiger partial charge in [-0.2, -0.15) is 0 Å². The van der Waals surface area contributed by atoms with Gasteiger partial charge in [0.15, 0.2) is 0 Å². The maximum atomic E-state index is 3.23. The van der Waals surface area contributed by atoms with Crippen LogP contribution in [0, 0.1) is 6.08 Å². The Bertz CT molecular complexity index is 250. The molecule has 1 radical (unpaired) electrons. The molecular weight excluding hydrogens is 171 g/mol. The van der Waals surface area contributed by atoms with Crippen LogP contribution >= 0.6 is 0 Å². The summed E-state index contributed by atoms with van der Waals surface area (Å²) in [5.41, 5.74) is 1.32. The average Bonchev–Trinajstić information content (AvgIpc) is 2.33. The molecule has 1 heteroatoms. The summed E-state index contributed by atoms with van der Waals surface area (Å²) >= 11 is 0.0665. The Kier molecular flexibility index (Phi) is 1.20. The Labute approximate surface area is 61.3 Å². The molecule has 0 saturated heterocycles. The first kappa shape index (κ1) is 5.31. The van der Waals surface area contributed by atoms with Crippen molar-refractivity contribution in [3.8, 4) is 0 Å². The summed E-state index contributed by atoms with van der Waals surface area (Å²) in [5.74, 6) is 0. The van der Waals surface area contributed by atoms with Gasteiger partial charge in [0.05, 0.1) is 0 Å².